The summed E-state index contributed by atoms with van der Waals surface area (Å²) in [7, 11) is 0. The highest BCUT2D eigenvalue weighted by Gasteiger charge is 2.49. The highest BCUT2D eigenvalue weighted by molar-refractivity contribution is 5.95. The molecular formula is C21H27Cl2N5O2. The van der Waals surface area contributed by atoms with Gasteiger partial charge in [-0.1, -0.05) is 6.07 Å². The minimum Gasteiger partial charge on any atom is -0.334 e. The molecule has 4 atom stereocenters. The molecule has 1 aromatic heterocycles. The molecule has 1 heterocycles. The first-order chi connectivity index (χ1) is 13.6. The average molecular weight is 452 g/mol. The van der Waals surface area contributed by atoms with Crippen molar-refractivity contribution in [2.45, 2.75) is 31.8 Å². The number of halogens is 2. The van der Waals surface area contributed by atoms with E-state index in [0.29, 0.717) is 29.8 Å². The van der Waals surface area contributed by atoms with Gasteiger partial charge in [0.1, 0.15) is 0 Å². The largest absolute Gasteiger partial charge is 0.334 e. The topological polar surface area (TPSA) is 109 Å². The van der Waals surface area contributed by atoms with Gasteiger partial charge in [0.2, 0.25) is 5.91 Å². The zero-order valence-corrected chi connectivity index (χ0v) is 18.0. The molecule has 0 aliphatic heterocycles. The summed E-state index contributed by atoms with van der Waals surface area (Å²) in [6, 6.07) is 10.5. The lowest BCUT2D eigenvalue weighted by Crippen LogP contribution is -2.42. The van der Waals surface area contributed by atoms with Gasteiger partial charge < -0.3 is 21.7 Å². The van der Waals surface area contributed by atoms with Crippen LogP contribution < -0.4 is 21.7 Å². The van der Waals surface area contributed by atoms with E-state index in [9.17, 15) is 9.59 Å². The molecule has 0 spiro atoms. The van der Waals surface area contributed by atoms with Crippen molar-refractivity contribution in [3.05, 3.63) is 54.4 Å². The van der Waals surface area contributed by atoms with Crippen LogP contribution in [0.1, 0.15) is 24.8 Å². The summed E-state index contributed by atoms with van der Waals surface area (Å²) in [5.41, 5.74) is 8.50. The van der Waals surface area contributed by atoms with Crippen molar-refractivity contribution in [2.75, 3.05) is 10.6 Å². The van der Waals surface area contributed by atoms with Gasteiger partial charge in [-0.15, -0.1) is 24.8 Å². The number of urea groups is 1. The van der Waals surface area contributed by atoms with Gasteiger partial charge in [0, 0.05) is 36.4 Å². The lowest BCUT2D eigenvalue weighted by atomic mass is 9.84. The van der Waals surface area contributed by atoms with E-state index in [1.54, 1.807) is 30.6 Å². The Balaban J connectivity index is 0.00000160. The lowest BCUT2D eigenvalue weighted by Gasteiger charge is -2.27. The number of aromatic nitrogens is 1. The number of benzene rings is 1. The third kappa shape index (κ3) is 5.41. The number of hydrogen-bond acceptors (Lipinski definition) is 4. The zero-order chi connectivity index (χ0) is 19.5. The van der Waals surface area contributed by atoms with E-state index in [0.717, 1.165) is 24.8 Å². The van der Waals surface area contributed by atoms with Crippen molar-refractivity contribution < 1.29 is 9.59 Å². The molecule has 3 amide bonds. The number of nitrogens with one attached hydrogen (secondary N) is 3. The fourth-order valence-corrected chi connectivity index (χ4v) is 4.48. The highest BCUT2D eigenvalue weighted by atomic mass is 35.5. The van der Waals surface area contributed by atoms with Gasteiger partial charge in [0.05, 0.1) is 5.92 Å². The maximum absolute atomic E-state index is 12.7. The second kappa shape index (κ2) is 10.6. The predicted octanol–water partition coefficient (Wildman–Crippen LogP) is 3.56. The van der Waals surface area contributed by atoms with E-state index in [1.165, 1.54) is 0 Å². The number of fused-ring (bicyclic) bond motifs is 2. The van der Waals surface area contributed by atoms with Crippen LogP contribution in [-0.4, -0.2) is 23.0 Å². The summed E-state index contributed by atoms with van der Waals surface area (Å²) in [6.45, 7) is 0.410. The molecule has 2 aliphatic rings. The summed E-state index contributed by atoms with van der Waals surface area (Å²) < 4.78 is 0. The molecule has 0 radical (unpaired) electrons. The second-order valence-electron chi connectivity index (χ2n) is 7.67. The molecule has 2 aromatic rings. The molecule has 4 unspecified atom stereocenters. The fraction of sp³-hybridized carbons (Fsp3) is 0.381. The van der Waals surface area contributed by atoms with E-state index < -0.39 is 0 Å². The van der Waals surface area contributed by atoms with Crippen molar-refractivity contribution >= 4 is 48.1 Å². The Morgan fingerprint density at radius 1 is 1.00 bits per heavy atom. The van der Waals surface area contributed by atoms with Crippen LogP contribution in [0.3, 0.4) is 0 Å². The predicted molar refractivity (Wildman–Crippen MR) is 122 cm³/mol. The number of carbonyl (C=O) groups is 2. The van der Waals surface area contributed by atoms with Gasteiger partial charge in [0.25, 0.3) is 0 Å². The molecule has 7 nitrogen and oxygen atoms in total. The molecule has 2 aliphatic carbocycles. The number of hydrogen-bond donors (Lipinski definition) is 4. The maximum atomic E-state index is 12.7. The number of carbonyl (C=O) groups excluding carboxylic acids is 2. The minimum atomic E-state index is -0.310. The smallest absolute Gasteiger partial charge is 0.319 e. The summed E-state index contributed by atoms with van der Waals surface area (Å²) in [6.07, 6.45) is 6.67. The molecule has 5 N–H and O–H groups in total. The fourth-order valence-electron chi connectivity index (χ4n) is 4.48. The number of anilines is 2. The van der Waals surface area contributed by atoms with Gasteiger partial charge in [-0.2, -0.15) is 0 Å². The van der Waals surface area contributed by atoms with Crippen molar-refractivity contribution in [1.29, 1.82) is 0 Å². The van der Waals surface area contributed by atoms with Crippen LogP contribution >= 0.6 is 24.8 Å². The van der Waals surface area contributed by atoms with E-state index in [1.807, 2.05) is 18.2 Å². The summed E-state index contributed by atoms with van der Waals surface area (Å²) in [5, 5.41) is 8.56. The zero-order valence-electron chi connectivity index (χ0n) is 16.4. The van der Waals surface area contributed by atoms with E-state index in [4.69, 9.17) is 5.73 Å². The van der Waals surface area contributed by atoms with Crippen LogP contribution in [-0.2, 0) is 11.3 Å². The number of nitrogens with two attached hydrogens (primary N) is 1. The van der Waals surface area contributed by atoms with Crippen LogP contribution in [0.25, 0.3) is 0 Å². The Hall–Kier alpha value is -2.35. The van der Waals surface area contributed by atoms with Crippen LogP contribution in [0, 0.1) is 17.8 Å². The molecule has 4 rings (SSSR count). The Labute approximate surface area is 188 Å². The van der Waals surface area contributed by atoms with Crippen molar-refractivity contribution in [1.82, 2.24) is 10.3 Å². The molecule has 0 saturated heterocycles. The normalized spacial score (nSPS) is 23.6. The Morgan fingerprint density at radius 3 is 2.33 bits per heavy atom. The first kappa shape index (κ1) is 23.9. The molecule has 2 saturated carbocycles. The molecular weight excluding hydrogens is 425 g/mol. The number of nitrogens with zero attached hydrogens (tertiary/aromatic N) is 1. The van der Waals surface area contributed by atoms with E-state index in [-0.39, 0.29) is 48.7 Å². The van der Waals surface area contributed by atoms with Gasteiger partial charge in [-0.25, -0.2) is 4.79 Å². The summed E-state index contributed by atoms with van der Waals surface area (Å²) >= 11 is 0. The summed E-state index contributed by atoms with van der Waals surface area (Å²) in [4.78, 5) is 28.8. The highest BCUT2D eigenvalue weighted by Crippen LogP contribution is 2.47. The molecule has 9 heteroatoms. The lowest BCUT2D eigenvalue weighted by molar-refractivity contribution is -0.121. The van der Waals surface area contributed by atoms with Crippen LogP contribution in [0.2, 0.25) is 0 Å². The minimum absolute atomic E-state index is 0. The van der Waals surface area contributed by atoms with E-state index in [2.05, 4.69) is 20.9 Å². The standard InChI is InChI=1S/C21H25N5O2.2ClH/c22-19-15-5-4-14(10-15)18(19)20(27)25-16-2-1-3-17(11-16)26-21(28)24-12-13-6-8-23-9-7-13;;/h1-3,6-9,11,14-15,18-19H,4-5,10,12,22H2,(H,25,27)(H2,24,26,28);2*1H. The SMILES string of the molecule is Cl.Cl.NC1C2CCC(C2)C1C(=O)Nc1cccc(NC(=O)NCc2ccncc2)c1. The Bertz CT molecular complexity index is 865. The van der Waals surface area contributed by atoms with E-state index >= 15 is 0 Å². The number of pyridine rings is 1. The molecule has 2 bridgehead atoms. The molecule has 30 heavy (non-hydrogen) atoms. The van der Waals surface area contributed by atoms with Crippen LogP contribution in [0.15, 0.2) is 48.8 Å². The molecule has 162 valence electrons. The van der Waals surface area contributed by atoms with Gasteiger partial charge >= 0.3 is 6.03 Å². The number of amides is 3. The first-order valence-electron chi connectivity index (χ1n) is 9.70. The quantitative estimate of drug-likeness (QED) is 0.556. The molecule has 2 fully saturated rings. The van der Waals surface area contributed by atoms with Crippen molar-refractivity contribution in [3.63, 3.8) is 0 Å². The Morgan fingerprint density at radius 2 is 1.67 bits per heavy atom. The average Bonchev–Trinajstić information content (AvgIpc) is 3.29. The third-order valence-electron chi connectivity index (χ3n) is 5.87. The Kier molecular flexibility index (Phi) is 8.46. The maximum Gasteiger partial charge on any atom is 0.319 e. The summed E-state index contributed by atoms with van der Waals surface area (Å²) in [5.74, 6) is 0.760. The second-order valence-corrected chi connectivity index (χ2v) is 7.67. The van der Waals surface area contributed by atoms with Crippen molar-refractivity contribution in [3.8, 4) is 0 Å². The van der Waals surface area contributed by atoms with Gasteiger partial charge in [-0.05, 0) is 67.0 Å². The van der Waals surface area contributed by atoms with Crippen LogP contribution in [0.5, 0.6) is 0 Å². The molecule has 1 aromatic carbocycles. The third-order valence-corrected chi connectivity index (χ3v) is 5.87. The number of rotatable bonds is 5. The monoisotopic (exact) mass is 451 g/mol. The first-order valence-corrected chi connectivity index (χ1v) is 9.70. The van der Waals surface area contributed by atoms with Gasteiger partial charge in [-0.3, -0.25) is 9.78 Å². The van der Waals surface area contributed by atoms with Crippen molar-refractivity contribution in [2.24, 2.45) is 23.5 Å². The van der Waals surface area contributed by atoms with Crippen LogP contribution in [0.4, 0.5) is 16.2 Å². The van der Waals surface area contributed by atoms with Gasteiger partial charge in [0.15, 0.2) is 0 Å².